The first kappa shape index (κ1) is 12.2. The Hall–Kier alpha value is -2.23. The van der Waals surface area contributed by atoms with E-state index in [1.54, 1.807) is 12.1 Å². The van der Waals surface area contributed by atoms with Gasteiger partial charge in [-0.15, -0.1) is 0 Å². The average molecular weight is 248 g/mol. The van der Waals surface area contributed by atoms with Gasteiger partial charge in [-0.2, -0.15) is 0 Å². The van der Waals surface area contributed by atoms with E-state index in [1.807, 2.05) is 0 Å². The third-order valence-corrected chi connectivity index (χ3v) is 2.56. The zero-order chi connectivity index (χ0) is 13.1. The van der Waals surface area contributed by atoms with Crippen molar-refractivity contribution in [3.05, 3.63) is 59.7 Å². The lowest BCUT2D eigenvalue weighted by Gasteiger charge is -2.05. The van der Waals surface area contributed by atoms with Crippen LogP contribution < -0.4 is 0 Å². The summed E-state index contributed by atoms with van der Waals surface area (Å²) in [6.07, 6.45) is -0.374. The van der Waals surface area contributed by atoms with Crippen molar-refractivity contribution in [2.75, 3.05) is 0 Å². The first-order valence-electron chi connectivity index (χ1n) is 5.32. The van der Waals surface area contributed by atoms with Gasteiger partial charge in [0.2, 0.25) is 0 Å². The Labute approximate surface area is 103 Å². The number of carboxylic acids is 1. The van der Waals surface area contributed by atoms with Crippen molar-refractivity contribution in [3.63, 3.8) is 0 Å². The molecule has 0 aliphatic rings. The molecule has 0 bridgehead atoms. The van der Waals surface area contributed by atoms with Gasteiger partial charge in [-0.05, 0) is 41.0 Å². The van der Waals surface area contributed by atoms with Crippen LogP contribution in [0.3, 0.4) is 0 Å². The summed E-state index contributed by atoms with van der Waals surface area (Å²) in [5, 5.41) is 8.67. The summed E-state index contributed by atoms with van der Waals surface area (Å²) in [7, 11) is 0. The van der Waals surface area contributed by atoms with Gasteiger partial charge in [0.05, 0.1) is 6.42 Å². The van der Waals surface area contributed by atoms with Gasteiger partial charge in [0, 0.05) is 0 Å². The van der Waals surface area contributed by atoms with E-state index >= 15 is 0 Å². The Balaban J connectivity index is 2.40. The van der Waals surface area contributed by atoms with Gasteiger partial charge in [-0.1, -0.05) is 18.2 Å². The second kappa shape index (κ2) is 4.96. The minimum atomic E-state index is -1.09. The molecule has 0 fully saturated rings. The number of aliphatic carboxylic acids is 1. The number of carboxylic acid groups (broad SMARTS) is 1. The number of rotatable bonds is 3. The fraction of sp³-hybridized carbons (Fsp3) is 0.0714. The van der Waals surface area contributed by atoms with Gasteiger partial charge in [0.25, 0.3) is 0 Å². The van der Waals surface area contributed by atoms with Gasteiger partial charge >= 0.3 is 5.97 Å². The van der Waals surface area contributed by atoms with Crippen molar-refractivity contribution in [1.82, 2.24) is 0 Å². The molecule has 0 amide bonds. The molecule has 0 aliphatic carbocycles. The molecule has 0 spiro atoms. The van der Waals surface area contributed by atoms with Gasteiger partial charge < -0.3 is 5.11 Å². The van der Waals surface area contributed by atoms with Crippen LogP contribution in [0.15, 0.2) is 42.5 Å². The van der Waals surface area contributed by atoms with Gasteiger partial charge in [-0.25, -0.2) is 8.78 Å². The van der Waals surface area contributed by atoms with E-state index in [9.17, 15) is 13.6 Å². The van der Waals surface area contributed by atoms with Crippen LogP contribution in [0.25, 0.3) is 11.1 Å². The highest BCUT2D eigenvalue weighted by molar-refractivity contribution is 5.72. The first-order chi connectivity index (χ1) is 8.56. The van der Waals surface area contributed by atoms with Crippen molar-refractivity contribution in [2.24, 2.45) is 0 Å². The molecule has 1 N–H and O–H groups in total. The maximum atomic E-state index is 13.4. The predicted octanol–water partition coefficient (Wildman–Crippen LogP) is 3.26. The van der Waals surface area contributed by atoms with Crippen LogP contribution in [0.4, 0.5) is 8.78 Å². The van der Waals surface area contributed by atoms with Crippen molar-refractivity contribution in [3.8, 4) is 11.1 Å². The second-order valence-electron chi connectivity index (χ2n) is 3.88. The fourth-order valence-corrected chi connectivity index (χ4v) is 1.70. The van der Waals surface area contributed by atoms with E-state index in [-0.39, 0.29) is 17.8 Å². The zero-order valence-corrected chi connectivity index (χ0v) is 9.36. The molecule has 2 rings (SSSR count). The Morgan fingerprint density at radius 2 is 1.61 bits per heavy atom. The molecular formula is C14H10F2O2. The molecule has 0 unspecified atom stereocenters. The molecule has 18 heavy (non-hydrogen) atoms. The van der Waals surface area contributed by atoms with Gasteiger partial charge in [-0.3, -0.25) is 4.79 Å². The van der Waals surface area contributed by atoms with E-state index in [0.717, 1.165) is 0 Å². The zero-order valence-electron chi connectivity index (χ0n) is 9.36. The predicted molar refractivity (Wildman–Crippen MR) is 63.1 cm³/mol. The van der Waals surface area contributed by atoms with Crippen LogP contribution in [-0.4, -0.2) is 11.1 Å². The summed E-state index contributed by atoms with van der Waals surface area (Å²) in [5.74, 6) is -2.00. The molecule has 0 atom stereocenters. The van der Waals surface area contributed by atoms with E-state index in [1.165, 1.54) is 30.3 Å². The number of benzene rings is 2. The second-order valence-corrected chi connectivity index (χ2v) is 3.88. The summed E-state index contributed by atoms with van der Waals surface area (Å²) < 4.78 is 26.2. The minimum Gasteiger partial charge on any atom is -0.481 e. The molecule has 0 saturated carbocycles. The largest absolute Gasteiger partial charge is 0.481 e. The SMILES string of the molecule is O=C(O)Cc1cc(-c2ccc(F)cc2)ccc1F. The molecule has 0 aromatic heterocycles. The molecule has 0 heterocycles. The average Bonchev–Trinajstić information content (AvgIpc) is 2.32. The Kier molecular flexibility index (Phi) is 3.37. The van der Waals surface area contributed by atoms with E-state index in [4.69, 9.17) is 5.11 Å². The van der Waals surface area contributed by atoms with Crippen molar-refractivity contribution in [1.29, 1.82) is 0 Å². The summed E-state index contributed by atoms with van der Waals surface area (Å²) >= 11 is 0. The fourth-order valence-electron chi connectivity index (χ4n) is 1.70. The molecular weight excluding hydrogens is 238 g/mol. The molecule has 0 aliphatic heterocycles. The van der Waals surface area contributed by atoms with E-state index in [2.05, 4.69) is 0 Å². The highest BCUT2D eigenvalue weighted by Crippen LogP contribution is 2.22. The standard InChI is InChI=1S/C14H10F2O2/c15-12-4-1-9(2-5-12)10-3-6-13(16)11(7-10)8-14(17)18/h1-7H,8H2,(H,17,18). The molecule has 2 nitrogen and oxygen atoms in total. The summed E-state index contributed by atoms with van der Waals surface area (Å²) in [4.78, 5) is 10.6. The monoisotopic (exact) mass is 248 g/mol. The minimum absolute atomic E-state index is 0.115. The Bertz CT molecular complexity index is 577. The van der Waals surface area contributed by atoms with Crippen LogP contribution in [-0.2, 0) is 11.2 Å². The molecule has 2 aromatic carbocycles. The number of halogens is 2. The van der Waals surface area contributed by atoms with Crippen LogP contribution >= 0.6 is 0 Å². The molecule has 0 saturated heterocycles. The van der Waals surface area contributed by atoms with Crippen LogP contribution in [0, 0.1) is 11.6 Å². The maximum absolute atomic E-state index is 13.4. The van der Waals surface area contributed by atoms with Crippen LogP contribution in [0.5, 0.6) is 0 Å². The smallest absolute Gasteiger partial charge is 0.307 e. The van der Waals surface area contributed by atoms with Crippen LogP contribution in [0.1, 0.15) is 5.56 Å². The molecule has 0 radical (unpaired) electrons. The molecule has 4 heteroatoms. The van der Waals surface area contributed by atoms with Crippen molar-refractivity contribution in [2.45, 2.75) is 6.42 Å². The highest BCUT2D eigenvalue weighted by atomic mass is 19.1. The molecule has 92 valence electrons. The van der Waals surface area contributed by atoms with Gasteiger partial charge in [0.1, 0.15) is 11.6 Å². The first-order valence-corrected chi connectivity index (χ1v) is 5.32. The van der Waals surface area contributed by atoms with E-state index in [0.29, 0.717) is 11.1 Å². The van der Waals surface area contributed by atoms with Crippen molar-refractivity contribution >= 4 is 5.97 Å². The van der Waals surface area contributed by atoms with Crippen LogP contribution in [0.2, 0.25) is 0 Å². The normalized spacial score (nSPS) is 10.3. The Morgan fingerprint density at radius 3 is 2.22 bits per heavy atom. The number of hydrogen-bond acceptors (Lipinski definition) is 1. The maximum Gasteiger partial charge on any atom is 0.307 e. The number of hydrogen-bond donors (Lipinski definition) is 1. The Morgan fingerprint density at radius 1 is 1.00 bits per heavy atom. The highest BCUT2D eigenvalue weighted by Gasteiger charge is 2.08. The van der Waals surface area contributed by atoms with Gasteiger partial charge in [0.15, 0.2) is 0 Å². The lowest BCUT2D eigenvalue weighted by Crippen LogP contribution is -2.02. The third kappa shape index (κ3) is 2.71. The topological polar surface area (TPSA) is 37.3 Å². The quantitative estimate of drug-likeness (QED) is 0.905. The molecule has 2 aromatic rings. The number of carbonyl (C=O) groups is 1. The summed E-state index contributed by atoms with van der Waals surface area (Å²) in [6, 6.07) is 9.95. The summed E-state index contributed by atoms with van der Waals surface area (Å²) in [5.41, 5.74) is 1.49. The lowest BCUT2D eigenvalue weighted by molar-refractivity contribution is -0.136. The third-order valence-electron chi connectivity index (χ3n) is 2.56. The summed E-state index contributed by atoms with van der Waals surface area (Å²) in [6.45, 7) is 0. The lowest BCUT2D eigenvalue weighted by atomic mass is 10.0. The van der Waals surface area contributed by atoms with Crippen molar-refractivity contribution < 1.29 is 18.7 Å². The van der Waals surface area contributed by atoms with E-state index < -0.39 is 11.8 Å².